The number of anilines is 1. The highest BCUT2D eigenvalue weighted by Crippen LogP contribution is 2.22. The van der Waals surface area contributed by atoms with Gasteiger partial charge in [-0.05, 0) is 43.2 Å². The van der Waals surface area contributed by atoms with Crippen LogP contribution >= 0.6 is 11.3 Å². The number of aromatic nitrogens is 2. The molecule has 1 atom stereocenters. The largest absolute Gasteiger partial charge is 0.342 e. The molecule has 0 bridgehead atoms. The first-order valence-electron chi connectivity index (χ1n) is 11.4. The number of halogens is 1. The van der Waals surface area contributed by atoms with E-state index in [2.05, 4.69) is 20.2 Å². The molecular formula is C24H26FN5O4S2. The number of carbonyl (C=O) groups excluding carboxylic acids is 2. The number of aryl methyl sites for hydroxylation is 1. The maximum atomic E-state index is 13.0. The predicted molar refractivity (Wildman–Crippen MR) is 133 cm³/mol. The van der Waals surface area contributed by atoms with Gasteiger partial charge in [0.05, 0.1) is 10.8 Å². The van der Waals surface area contributed by atoms with Crippen LogP contribution in [-0.4, -0.2) is 55.0 Å². The van der Waals surface area contributed by atoms with E-state index in [-0.39, 0.29) is 35.5 Å². The summed E-state index contributed by atoms with van der Waals surface area (Å²) < 4.78 is 40.3. The molecule has 3 aromatic rings. The van der Waals surface area contributed by atoms with E-state index in [9.17, 15) is 22.4 Å². The summed E-state index contributed by atoms with van der Waals surface area (Å²) in [6.45, 7) is 2.78. The van der Waals surface area contributed by atoms with E-state index >= 15 is 0 Å². The van der Waals surface area contributed by atoms with Crippen molar-refractivity contribution in [1.29, 1.82) is 0 Å². The molecule has 0 aliphatic carbocycles. The molecule has 2 heterocycles. The minimum Gasteiger partial charge on any atom is -0.342 e. The van der Waals surface area contributed by atoms with Crippen LogP contribution in [0.3, 0.4) is 0 Å². The molecule has 1 unspecified atom stereocenters. The van der Waals surface area contributed by atoms with Crippen LogP contribution in [0.1, 0.15) is 22.6 Å². The summed E-state index contributed by atoms with van der Waals surface area (Å²) in [4.78, 5) is 26.8. The Morgan fingerprint density at radius 3 is 2.56 bits per heavy atom. The number of amides is 2. The van der Waals surface area contributed by atoms with E-state index in [1.165, 1.54) is 12.1 Å². The van der Waals surface area contributed by atoms with Crippen LogP contribution in [0.2, 0.25) is 0 Å². The van der Waals surface area contributed by atoms with E-state index in [1.54, 1.807) is 41.3 Å². The summed E-state index contributed by atoms with van der Waals surface area (Å²) in [5, 5.41) is 11.6. The van der Waals surface area contributed by atoms with Gasteiger partial charge >= 0.3 is 0 Å². The van der Waals surface area contributed by atoms with Gasteiger partial charge in [0.25, 0.3) is 0 Å². The smallest absolute Gasteiger partial charge is 0.240 e. The van der Waals surface area contributed by atoms with Crippen molar-refractivity contribution in [2.75, 3.05) is 25.0 Å². The first-order chi connectivity index (χ1) is 17.2. The number of nitrogens with zero attached hydrogens (tertiary/aromatic N) is 3. The van der Waals surface area contributed by atoms with Gasteiger partial charge in [0.1, 0.15) is 10.8 Å². The minimum absolute atomic E-state index is 0.101. The summed E-state index contributed by atoms with van der Waals surface area (Å²) in [5.74, 6) is -1.22. The minimum atomic E-state index is -3.62. The van der Waals surface area contributed by atoms with E-state index in [0.717, 1.165) is 22.5 Å². The molecule has 1 aromatic heterocycles. The van der Waals surface area contributed by atoms with Crippen molar-refractivity contribution in [2.45, 2.75) is 31.1 Å². The number of likely N-dealkylation sites (tertiary alicyclic amines) is 1. The van der Waals surface area contributed by atoms with Crippen molar-refractivity contribution in [3.63, 3.8) is 0 Å². The first kappa shape index (κ1) is 25.9. The van der Waals surface area contributed by atoms with Crippen LogP contribution in [0.4, 0.5) is 9.52 Å². The number of rotatable bonds is 10. The molecule has 2 amide bonds. The van der Waals surface area contributed by atoms with Crippen molar-refractivity contribution in [1.82, 2.24) is 19.8 Å². The van der Waals surface area contributed by atoms with Crippen molar-refractivity contribution < 1.29 is 22.4 Å². The third-order valence-corrected chi connectivity index (χ3v) is 8.20. The maximum Gasteiger partial charge on any atom is 0.240 e. The molecule has 190 valence electrons. The fourth-order valence-electron chi connectivity index (χ4n) is 3.78. The highest BCUT2D eigenvalue weighted by atomic mass is 32.2. The Labute approximate surface area is 212 Å². The molecule has 2 aromatic carbocycles. The second kappa shape index (κ2) is 11.2. The topological polar surface area (TPSA) is 121 Å². The number of nitrogens with one attached hydrogen (secondary N) is 2. The average Bonchev–Trinajstić information content (AvgIpc) is 3.45. The molecule has 0 radical (unpaired) electrons. The van der Waals surface area contributed by atoms with Crippen LogP contribution in [0.25, 0.3) is 0 Å². The Balaban J connectivity index is 1.23. The quantitative estimate of drug-likeness (QED) is 0.415. The molecule has 1 fully saturated rings. The molecule has 1 aliphatic rings. The fraction of sp³-hybridized carbons (Fsp3) is 0.333. The van der Waals surface area contributed by atoms with Gasteiger partial charge in [-0.1, -0.05) is 41.2 Å². The SMILES string of the molecule is Cc1ccc(S(=O)(=O)NCCc2nnc(NC(=O)C3CC(=O)N(CCc4ccc(F)cc4)C3)s2)cc1. The van der Waals surface area contributed by atoms with Crippen LogP contribution in [0, 0.1) is 18.7 Å². The first-order valence-corrected chi connectivity index (χ1v) is 13.7. The maximum absolute atomic E-state index is 13.0. The zero-order valence-electron chi connectivity index (χ0n) is 19.6. The van der Waals surface area contributed by atoms with Crippen LogP contribution in [-0.2, 0) is 32.5 Å². The van der Waals surface area contributed by atoms with E-state index < -0.39 is 15.9 Å². The lowest BCUT2D eigenvalue weighted by atomic mass is 10.1. The molecule has 0 spiro atoms. The Bertz CT molecular complexity index is 1330. The van der Waals surface area contributed by atoms with Gasteiger partial charge in [0.2, 0.25) is 27.0 Å². The van der Waals surface area contributed by atoms with E-state index in [4.69, 9.17) is 0 Å². The van der Waals surface area contributed by atoms with E-state index in [0.29, 0.717) is 36.1 Å². The molecule has 0 saturated carbocycles. The molecule has 4 rings (SSSR count). The van der Waals surface area contributed by atoms with Gasteiger partial charge in [0, 0.05) is 32.5 Å². The Hall–Kier alpha value is -3.22. The monoisotopic (exact) mass is 531 g/mol. The molecule has 1 saturated heterocycles. The Kier molecular flexibility index (Phi) is 8.07. The third kappa shape index (κ3) is 6.71. The Morgan fingerprint density at radius 1 is 1.11 bits per heavy atom. The molecule has 36 heavy (non-hydrogen) atoms. The van der Waals surface area contributed by atoms with Crippen LogP contribution < -0.4 is 10.0 Å². The lowest BCUT2D eigenvalue weighted by Crippen LogP contribution is -2.30. The number of sulfonamides is 1. The van der Waals surface area contributed by atoms with Crippen LogP contribution in [0.15, 0.2) is 53.4 Å². The molecular weight excluding hydrogens is 505 g/mol. The zero-order valence-corrected chi connectivity index (χ0v) is 21.2. The van der Waals surface area contributed by atoms with Gasteiger partial charge in [-0.2, -0.15) is 0 Å². The molecule has 1 aliphatic heterocycles. The lowest BCUT2D eigenvalue weighted by Gasteiger charge is -2.16. The summed E-state index contributed by atoms with van der Waals surface area (Å²) in [7, 11) is -3.62. The summed E-state index contributed by atoms with van der Waals surface area (Å²) in [6, 6.07) is 12.7. The van der Waals surface area contributed by atoms with Crippen molar-refractivity contribution in [3.05, 3.63) is 70.5 Å². The van der Waals surface area contributed by atoms with Gasteiger partial charge in [0.15, 0.2) is 0 Å². The van der Waals surface area contributed by atoms with Crippen molar-refractivity contribution in [2.24, 2.45) is 5.92 Å². The second-order valence-corrected chi connectivity index (χ2v) is 11.4. The summed E-state index contributed by atoms with van der Waals surface area (Å²) >= 11 is 1.16. The highest BCUT2D eigenvalue weighted by molar-refractivity contribution is 7.89. The van der Waals surface area contributed by atoms with Gasteiger partial charge in [-0.25, -0.2) is 17.5 Å². The van der Waals surface area contributed by atoms with Crippen LogP contribution in [0.5, 0.6) is 0 Å². The third-order valence-electron chi connectivity index (χ3n) is 5.83. The van der Waals surface area contributed by atoms with Crippen molar-refractivity contribution in [3.8, 4) is 0 Å². The Morgan fingerprint density at radius 2 is 1.83 bits per heavy atom. The zero-order chi connectivity index (χ0) is 25.7. The number of hydrogen-bond donors (Lipinski definition) is 2. The summed E-state index contributed by atoms with van der Waals surface area (Å²) in [5.41, 5.74) is 1.89. The van der Waals surface area contributed by atoms with E-state index in [1.807, 2.05) is 6.92 Å². The average molecular weight is 532 g/mol. The van der Waals surface area contributed by atoms with Gasteiger partial charge < -0.3 is 10.2 Å². The second-order valence-electron chi connectivity index (χ2n) is 8.57. The highest BCUT2D eigenvalue weighted by Gasteiger charge is 2.34. The number of carbonyl (C=O) groups is 2. The molecule has 12 heteroatoms. The lowest BCUT2D eigenvalue weighted by molar-refractivity contribution is -0.128. The predicted octanol–water partition coefficient (Wildman–Crippen LogP) is 2.54. The normalized spacial score (nSPS) is 15.9. The van der Waals surface area contributed by atoms with Gasteiger partial charge in [-0.3, -0.25) is 9.59 Å². The number of benzene rings is 2. The molecule has 2 N–H and O–H groups in total. The van der Waals surface area contributed by atoms with Gasteiger partial charge in [-0.15, -0.1) is 10.2 Å². The van der Waals surface area contributed by atoms with Crippen molar-refractivity contribution >= 4 is 38.3 Å². The molecule has 9 nitrogen and oxygen atoms in total. The standard InChI is InChI=1S/C24H26FN5O4S2/c1-16-2-8-20(9-3-16)36(33,34)26-12-10-21-28-29-24(35-21)27-23(32)18-14-22(31)30(15-18)13-11-17-4-6-19(25)7-5-17/h2-9,18,26H,10-15H2,1H3,(H,27,29,32). The number of hydrogen-bond acceptors (Lipinski definition) is 7. The fourth-order valence-corrected chi connectivity index (χ4v) is 5.56. The summed E-state index contributed by atoms with van der Waals surface area (Å²) in [6.07, 6.45) is 1.01.